The van der Waals surface area contributed by atoms with E-state index in [0.29, 0.717) is 45.0 Å². The lowest BCUT2D eigenvalue weighted by Gasteiger charge is -2.14. The molecular formula is C28H28ClNO6. The van der Waals surface area contributed by atoms with E-state index in [0.717, 1.165) is 11.1 Å². The molecule has 0 aliphatic rings. The number of carbonyl (C=O) groups excluding carboxylic acids is 1. The van der Waals surface area contributed by atoms with Crippen LogP contribution in [0.15, 0.2) is 60.8 Å². The number of rotatable bonds is 11. The lowest BCUT2D eigenvalue weighted by Crippen LogP contribution is -1.99. The zero-order valence-electron chi connectivity index (χ0n) is 20.8. The van der Waals surface area contributed by atoms with Gasteiger partial charge >= 0.3 is 0 Å². The third-order valence-electron chi connectivity index (χ3n) is 5.28. The number of allylic oxidation sites excluding steroid dienone is 1. The Morgan fingerprint density at radius 2 is 1.42 bits per heavy atom. The molecule has 0 atom stereocenters. The number of benzene rings is 3. The Bertz CT molecular complexity index is 1260. The van der Waals surface area contributed by atoms with Crippen molar-refractivity contribution in [2.75, 3.05) is 40.9 Å². The molecule has 0 aliphatic heterocycles. The predicted octanol–water partition coefficient (Wildman–Crippen LogP) is 6.36. The first-order valence-electron chi connectivity index (χ1n) is 10.9. The van der Waals surface area contributed by atoms with Gasteiger partial charge in [-0.15, -0.1) is 0 Å². The average Bonchev–Trinajstić information content (AvgIpc) is 2.90. The van der Waals surface area contributed by atoms with Gasteiger partial charge in [0.25, 0.3) is 0 Å². The summed E-state index contributed by atoms with van der Waals surface area (Å²) in [4.78, 5) is 12.5. The topological polar surface area (TPSA) is 75.3 Å². The van der Waals surface area contributed by atoms with Crippen molar-refractivity contribution in [2.45, 2.75) is 0 Å². The molecule has 3 aromatic rings. The average molecular weight is 510 g/mol. The number of hydrogen-bond donors (Lipinski definition) is 1. The standard InChI is InChI=1S/C28H28ClNO6/c1-32-24-16-19(10-9-18-13-26(34-3)28(36-5)27(14-18)35-4)22(17-25(24)33-2)30-12-11-23(31)20-7-6-8-21(29)15-20/h6-17,30H,1-5H3/b10-9-,12-11-. The number of halogens is 1. The SMILES string of the molecule is COc1cc(/C=C\c2cc(OC)c(OC)c(OC)c2)c(N/C=C\C(=O)c2cccc(Cl)c2)cc1OC. The molecule has 0 saturated carbocycles. The molecule has 0 aliphatic carbocycles. The summed E-state index contributed by atoms with van der Waals surface area (Å²) in [6, 6.07) is 14.1. The van der Waals surface area contributed by atoms with E-state index < -0.39 is 0 Å². The molecule has 0 heterocycles. The van der Waals surface area contributed by atoms with E-state index in [2.05, 4.69) is 5.32 Å². The lowest BCUT2D eigenvalue weighted by molar-refractivity contribution is 0.104. The summed E-state index contributed by atoms with van der Waals surface area (Å²) in [6.45, 7) is 0. The molecule has 0 unspecified atom stereocenters. The first-order valence-corrected chi connectivity index (χ1v) is 11.3. The molecule has 1 N–H and O–H groups in total. The van der Waals surface area contributed by atoms with Crippen LogP contribution in [0.25, 0.3) is 12.2 Å². The number of ketones is 1. The second-order valence-corrected chi connectivity index (χ2v) is 7.88. The van der Waals surface area contributed by atoms with E-state index in [1.54, 1.807) is 72.1 Å². The number of ether oxygens (including phenoxy) is 5. The van der Waals surface area contributed by atoms with Crippen molar-refractivity contribution >= 4 is 35.2 Å². The van der Waals surface area contributed by atoms with Crippen molar-refractivity contribution in [1.82, 2.24) is 0 Å². The van der Waals surface area contributed by atoms with Gasteiger partial charge in [0.05, 0.1) is 35.5 Å². The van der Waals surface area contributed by atoms with Crippen LogP contribution in [-0.2, 0) is 0 Å². The van der Waals surface area contributed by atoms with E-state index >= 15 is 0 Å². The first-order chi connectivity index (χ1) is 17.4. The van der Waals surface area contributed by atoms with Crippen LogP contribution in [0.2, 0.25) is 5.02 Å². The van der Waals surface area contributed by atoms with Crippen molar-refractivity contribution in [2.24, 2.45) is 0 Å². The van der Waals surface area contributed by atoms with E-state index in [4.69, 9.17) is 35.3 Å². The summed E-state index contributed by atoms with van der Waals surface area (Å²) in [5.41, 5.74) is 2.82. The van der Waals surface area contributed by atoms with E-state index in [-0.39, 0.29) is 5.78 Å². The predicted molar refractivity (Wildman–Crippen MR) is 143 cm³/mol. The molecule has 0 radical (unpaired) electrons. The molecule has 0 fully saturated rings. The van der Waals surface area contributed by atoms with Crippen molar-refractivity contribution in [3.63, 3.8) is 0 Å². The molecule has 36 heavy (non-hydrogen) atoms. The van der Waals surface area contributed by atoms with Gasteiger partial charge in [-0.25, -0.2) is 0 Å². The summed E-state index contributed by atoms with van der Waals surface area (Å²) in [7, 11) is 7.82. The second kappa shape index (κ2) is 12.6. The quantitative estimate of drug-likeness (QED) is 0.183. The van der Waals surface area contributed by atoms with Crippen LogP contribution < -0.4 is 29.0 Å². The molecule has 0 saturated heterocycles. The molecule has 0 aromatic heterocycles. The van der Waals surface area contributed by atoms with Crippen molar-refractivity contribution < 1.29 is 28.5 Å². The zero-order valence-corrected chi connectivity index (χ0v) is 21.5. The Morgan fingerprint density at radius 3 is 2.00 bits per heavy atom. The number of carbonyl (C=O) groups is 1. The van der Waals surface area contributed by atoms with Crippen LogP contribution in [0.1, 0.15) is 21.5 Å². The molecule has 188 valence electrons. The fourth-order valence-electron chi connectivity index (χ4n) is 3.49. The minimum atomic E-state index is -0.181. The molecule has 0 amide bonds. The van der Waals surface area contributed by atoms with Crippen molar-refractivity contribution in [1.29, 1.82) is 0 Å². The van der Waals surface area contributed by atoms with E-state index in [9.17, 15) is 4.79 Å². The zero-order chi connectivity index (χ0) is 26.1. The lowest BCUT2D eigenvalue weighted by atomic mass is 10.1. The summed E-state index contributed by atoms with van der Waals surface area (Å²) in [5, 5.41) is 3.66. The fourth-order valence-corrected chi connectivity index (χ4v) is 3.68. The number of methoxy groups -OCH3 is 5. The Labute approximate surface area is 215 Å². The Hall–Kier alpha value is -4.10. The van der Waals surface area contributed by atoms with Gasteiger partial charge in [-0.1, -0.05) is 35.9 Å². The number of anilines is 1. The normalized spacial score (nSPS) is 10.9. The molecule has 0 bridgehead atoms. The van der Waals surface area contributed by atoms with Crippen LogP contribution >= 0.6 is 11.6 Å². The van der Waals surface area contributed by atoms with Crippen molar-refractivity contribution in [3.8, 4) is 28.7 Å². The third-order valence-corrected chi connectivity index (χ3v) is 5.52. The smallest absolute Gasteiger partial charge is 0.203 e. The summed E-state index contributed by atoms with van der Waals surface area (Å²) in [6.07, 6.45) is 6.81. The summed E-state index contributed by atoms with van der Waals surface area (Å²) >= 11 is 5.99. The third kappa shape index (κ3) is 6.31. The van der Waals surface area contributed by atoms with Crippen LogP contribution in [0, 0.1) is 0 Å². The highest BCUT2D eigenvalue weighted by Gasteiger charge is 2.13. The number of nitrogens with one attached hydrogen (secondary N) is 1. The number of hydrogen-bond acceptors (Lipinski definition) is 7. The monoisotopic (exact) mass is 509 g/mol. The summed E-state index contributed by atoms with van der Waals surface area (Å²) in [5.74, 6) is 2.53. The van der Waals surface area contributed by atoms with Gasteiger partial charge in [0, 0.05) is 40.2 Å². The Morgan fingerprint density at radius 1 is 0.778 bits per heavy atom. The van der Waals surface area contributed by atoms with Crippen LogP contribution in [0.5, 0.6) is 28.7 Å². The van der Waals surface area contributed by atoms with Gasteiger partial charge in [0.15, 0.2) is 28.8 Å². The van der Waals surface area contributed by atoms with Gasteiger partial charge < -0.3 is 29.0 Å². The fraction of sp³-hybridized carbons (Fsp3) is 0.179. The second-order valence-electron chi connectivity index (χ2n) is 7.44. The van der Waals surface area contributed by atoms with E-state index in [1.165, 1.54) is 6.08 Å². The maximum absolute atomic E-state index is 12.5. The first kappa shape index (κ1) is 26.5. The maximum atomic E-state index is 12.5. The van der Waals surface area contributed by atoms with Gasteiger partial charge in [-0.05, 0) is 35.9 Å². The molecule has 3 rings (SSSR count). The highest BCUT2D eigenvalue weighted by molar-refractivity contribution is 6.31. The van der Waals surface area contributed by atoms with Crippen LogP contribution in [0.4, 0.5) is 5.69 Å². The summed E-state index contributed by atoms with van der Waals surface area (Å²) < 4.78 is 27.2. The highest BCUT2D eigenvalue weighted by Crippen LogP contribution is 2.39. The van der Waals surface area contributed by atoms with Crippen molar-refractivity contribution in [3.05, 3.63) is 82.5 Å². The Kier molecular flexibility index (Phi) is 9.25. The highest BCUT2D eigenvalue weighted by atomic mass is 35.5. The van der Waals surface area contributed by atoms with Gasteiger partial charge in [-0.3, -0.25) is 4.79 Å². The van der Waals surface area contributed by atoms with Gasteiger partial charge in [-0.2, -0.15) is 0 Å². The largest absolute Gasteiger partial charge is 0.493 e. The molecule has 0 spiro atoms. The minimum absolute atomic E-state index is 0.181. The maximum Gasteiger partial charge on any atom is 0.203 e. The molecule has 7 nitrogen and oxygen atoms in total. The molecule has 3 aromatic carbocycles. The molecule has 8 heteroatoms. The van der Waals surface area contributed by atoms with Crippen LogP contribution in [0.3, 0.4) is 0 Å². The van der Waals surface area contributed by atoms with Crippen LogP contribution in [-0.4, -0.2) is 41.3 Å². The minimum Gasteiger partial charge on any atom is -0.493 e. The van der Waals surface area contributed by atoms with Gasteiger partial charge in [0.2, 0.25) is 5.75 Å². The van der Waals surface area contributed by atoms with E-state index in [1.807, 2.05) is 30.4 Å². The Balaban J connectivity index is 1.94. The molecular weight excluding hydrogens is 482 g/mol. The van der Waals surface area contributed by atoms with Gasteiger partial charge in [0.1, 0.15) is 0 Å².